The summed E-state index contributed by atoms with van der Waals surface area (Å²) in [5.74, 6) is 1.73. The third-order valence-corrected chi connectivity index (χ3v) is 5.45. The highest BCUT2D eigenvalue weighted by molar-refractivity contribution is 6.31. The predicted molar refractivity (Wildman–Crippen MR) is 128 cm³/mol. The molecule has 10 heteroatoms. The maximum atomic E-state index is 13.3. The van der Waals surface area contributed by atoms with Crippen LogP contribution in [-0.2, 0) is 4.74 Å². The third kappa shape index (κ3) is 5.68. The standard InChI is InChI=1S/C23H24ClFN6O2/c1-15-26-21(14-22(27-15)31-8-10-33-11-9-31)30(2)18-5-3-4-16(12-18)28-23(32)29-17-6-7-20(25)19(24)13-17/h3-7,12-14H,8-11H2,1-2H3,(H2,28,29,32). The smallest absolute Gasteiger partial charge is 0.323 e. The first-order chi connectivity index (χ1) is 15.9. The Morgan fingerprint density at radius 3 is 2.55 bits per heavy atom. The molecule has 33 heavy (non-hydrogen) atoms. The van der Waals surface area contributed by atoms with Crippen molar-refractivity contribution in [1.29, 1.82) is 0 Å². The number of aryl methyl sites for hydroxylation is 1. The summed E-state index contributed by atoms with van der Waals surface area (Å²) in [5, 5.41) is 5.35. The number of aromatic nitrogens is 2. The number of carbonyl (C=O) groups excluding carboxylic acids is 1. The number of halogens is 2. The Morgan fingerprint density at radius 2 is 1.82 bits per heavy atom. The quantitative estimate of drug-likeness (QED) is 0.556. The minimum absolute atomic E-state index is 0.0620. The number of anilines is 5. The zero-order chi connectivity index (χ0) is 23.4. The minimum Gasteiger partial charge on any atom is -0.378 e. The van der Waals surface area contributed by atoms with E-state index in [1.807, 2.05) is 43.1 Å². The van der Waals surface area contributed by atoms with Crippen molar-refractivity contribution in [2.24, 2.45) is 0 Å². The average Bonchev–Trinajstić information content (AvgIpc) is 2.81. The van der Waals surface area contributed by atoms with Gasteiger partial charge in [0.25, 0.3) is 0 Å². The number of urea groups is 1. The molecule has 1 fully saturated rings. The number of benzene rings is 2. The van der Waals surface area contributed by atoms with E-state index in [-0.39, 0.29) is 5.02 Å². The van der Waals surface area contributed by atoms with Crippen molar-refractivity contribution < 1.29 is 13.9 Å². The number of hydrogen-bond donors (Lipinski definition) is 2. The Labute approximate surface area is 196 Å². The molecule has 2 heterocycles. The molecular formula is C23H24ClFN6O2. The van der Waals surface area contributed by atoms with Crippen molar-refractivity contribution >= 4 is 46.3 Å². The first-order valence-electron chi connectivity index (χ1n) is 10.4. The maximum absolute atomic E-state index is 13.3. The van der Waals surface area contributed by atoms with Crippen LogP contribution in [0.4, 0.5) is 37.9 Å². The topological polar surface area (TPSA) is 82.6 Å². The molecule has 1 aliphatic heterocycles. The van der Waals surface area contributed by atoms with Crippen LogP contribution in [0.25, 0.3) is 0 Å². The van der Waals surface area contributed by atoms with Crippen LogP contribution in [0.3, 0.4) is 0 Å². The summed E-state index contributed by atoms with van der Waals surface area (Å²) in [6, 6.07) is 12.8. The van der Waals surface area contributed by atoms with E-state index >= 15 is 0 Å². The summed E-state index contributed by atoms with van der Waals surface area (Å²) in [7, 11) is 1.91. The second-order valence-corrected chi connectivity index (χ2v) is 7.96. The zero-order valence-electron chi connectivity index (χ0n) is 18.3. The van der Waals surface area contributed by atoms with Gasteiger partial charge < -0.3 is 25.2 Å². The summed E-state index contributed by atoms with van der Waals surface area (Å²) >= 11 is 5.77. The average molecular weight is 471 g/mol. The minimum atomic E-state index is -0.546. The molecule has 0 spiro atoms. The van der Waals surface area contributed by atoms with Gasteiger partial charge in [-0.1, -0.05) is 17.7 Å². The van der Waals surface area contributed by atoms with Gasteiger partial charge in [-0.15, -0.1) is 0 Å². The van der Waals surface area contributed by atoms with Crippen LogP contribution in [0, 0.1) is 12.7 Å². The van der Waals surface area contributed by atoms with Crippen LogP contribution in [-0.4, -0.2) is 49.4 Å². The third-order valence-electron chi connectivity index (χ3n) is 5.16. The second kappa shape index (κ2) is 10.0. The summed E-state index contributed by atoms with van der Waals surface area (Å²) < 4.78 is 18.7. The molecular weight excluding hydrogens is 447 g/mol. The Hall–Kier alpha value is -3.43. The summed E-state index contributed by atoms with van der Waals surface area (Å²) in [6.07, 6.45) is 0. The lowest BCUT2D eigenvalue weighted by molar-refractivity contribution is 0.122. The maximum Gasteiger partial charge on any atom is 0.323 e. The molecule has 172 valence electrons. The second-order valence-electron chi connectivity index (χ2n) is 7.55. The van der Waals surface area contributed by atoms with Crippen LogP contribution in [0.15, 0.2) is 48.5 Å². The summed E-state index contributed by atoms with van der Waals surface area (Å²) in [6.45, 7) is 4.79. The van der Waals surface area contributed by atoms with E-state index in [9.17, 15) is 9.18 Å². The molecule has 1 aliphatic rings. The van der Waals surface area contributed by atoms with Crippen molar-refractivity contribution in [2.45, 2.75) is 6.92 Å². The van der Waals surface area contributed by atoms with Gasteiger partial charge in [-0.3, -0.25) is 0 Å². The summed E-state index contributed by atoms with van der Waals surface area (Å²) in [5.41, 5.74) is 1.81. The number of nitrogens with zero attached hydrogens (tertiary/aromatic N) is 4. The highest BCUT2D eigenvalue weighted by Gasteiger charge is 2.16. The van der Waals surface area contributed by atoms with E-state index in [0.717, 1.165) is 30.4 Å². The van der Waals surface area contributed by atoms with Gasteiger partial charge in [-0.25, -0.2) is 19.2 Å². The zero-order valence-corrected chi connectivity index (χ0v) is 19.1. The van der Waals surface area contributed by atoms with Crippen LogP contribution >= 0.6 is 11.6 Å². The molecule has 0 unspecified atom stereocenters. The Morgan fingerprint density at radius 1 is 1.09 bits per heavy atom. The molecule has 1 saturated heterocycles. The van der Waals surface area contributed by atoms with Gasteiger partial charge in [-0.2, -0.15) is 0 Å². The van der Waals surface area contributed by atoms with E-state index in [0.29, 0.717) is 30.4 Å². The molecule has 0 radical (unpaired) electrons. The van der Waals surface area contributed by atoms with E-state index in [1.54, 1.807) is 6.07 Å². The molecule has 1 aromatic heterocycles. The molecule has 8 nitrogen and oxygen atoms in total. The molecule has 4 rings (SSSR count). The van der Waals surface area contributed by atoms with Crippen LogP contribution in [0.1, 0.15) is 5.82 Å². The normalized spacial score (nSPS) is 13.5. The van der Waals surface area contributed by atoms with E-state index < -0.39 is 11.8 Å². The molecule has 0 atom stereocenters. The van der Waals surface area contributed by atoms with Gasteiger partial charge in [0.15, 0.2) is 0 Å². The number of amides is 2. The Bertz CT molecular complexity index is 1160. The molecule has 0 bridgehead atoms. The highest BCUT2D eigenvalue weighted by Crippen LogP contribution is 2.27. The molecule has 2 N–H and O–H groups in total. The summed E-state index contributed by atoms with van der Waals surface area (Å²) in [4.78, 5) is 25.7. The van der Waals surface area contributed by atoms with Crippen molar-refractivity contribution in [3.05, 3.63) is 65.2 Å². The molecule has 3 aromatic rings. The van der Waals surface area contributed by atoms with Gasteiger partial charge in [0.2, 0.25) is 0 Å². The SMILES string of the molecule is Cc1nc(N2CCOCC2)cc(N(C)c2cccc(NC(=O)Nc3ccc(F)c(Cl)c3)c2)n1. The fourth-order valence-electron chi connectivity index (χ4n) is 3.45. The molecule has 0 aliphatic carbocycles. The number of nitrogens with one attached hydrogen (secondary N) is 2. The fourth-order valence-corrected chi connectivity index (χ4v) is 3.64. The largest absolute Gasteiger partial charge is 0.378 e. The van der Waals surface area contributed by atoms with Crippen molar-refractivity contribution in [2.75, 3.05) is 53.8 Å². The number of ether oxygens (including phenoxy) is 1. The van der Waals surface area contributed by atoms with Gasteiger partial charge in [-0.05, 0) is 43.3 Å². The number of rotatable bonds is 5. The van der Waals surface area contributed by atoms with Gasteiger partial charge in [0.05, 0.1) is 18.2 Å². The number of morpholine rings is 1. The van der Waals surface area contributed by atoms with E-state index in [2.05, 4.69) is 25.5 Å². The Balaban J connectivity index is 1.48. The first kappa shape index (κ1) is 22.8. The van der Waals surface area contributed by atoms with Gasteiger partial charge >= 0.3 is 6.03 Å². The van der Waals surface area contributed by atoms with Crippen molar-refractivity contribution in [3.63, 3.8) is 0 Å². The monoisotopic (exact) mass is 470 g/mol. The van der Waals surface area contributed by atoms with Crippen molar-refractivity contribution in [1.82, 2.24) is 9.97 Å². The fraction of sp³-hybridized carbons (Fsp3) is 0.261. The Kier molecular flexibility index (Phi) is 6.90. The van der Waals surface area contributed by atoms with E-state index in [4.69, 9.17) is 16.3 Å². The highest BCUT2D eigenvalue weighted by atomic mass is 35.5. The lowest BCUT2D eigenvalue weighted by Crippen LogP contribution is -2.37. The van der Waals surface area contributed by atoms with Crippen molar-refractivity contribution in [3.8, 4) is 0 Å². The lowest BCUT2D eigenvalue weighted by atomic mass is 10.2. The molecule has 2 amide bonds. The van der Waals surface area contributed by atoms with E-state index in [1.165, 1.54) is 18.2 Å². The number of carbonyl (C=O) groups is 1. The molecule has 2 aromatic carbocycles. The van der Waals surface area contributed by atoms with Crippen LogP contribution in [0.2, 0.25) is 5.02 Å². The van der Waals surface area contributed by atoms with Gasteiger partial charge in [0, 0.05) is 43.3 Å². The lowest BCUT2D eigenvalue weighted by Gasteiger charge is -2.29. The number of hydrogen-bond acceptors (Lipinski definition) is 6. The first-order valence-corrected chi connectivity index (χ1v) is 10.8. The van der Waals surface area contributed by atoms with Crippen LogP contribution < -0.4 is 20.4 Å². The molecule has 0 saturated carbocycles. The predicted octanol–water partition coefficient (Wildman–Crippen LogP) is 4.83. The van der Waals surface area contributed by atoms with Crippen LogP contribution in [0.5, 0.6) is 0 Å². The van der Waals surface area contributed by atoms with Gasteiger partial charge in [0.1, 0.15) is 23.3 Å².